The Balaban J connectivity index is 1.56. The first-order chi connectivity index (χ1) is 15.0. The third-order valence-electron chi connectivity index (χ3n) is 5.60. The quantitative estimate of drug-likeness (QED) is 0.639. The molecule has 0 aromatic carbocycles. The standard InChI is InChI=1S/C20H21F3N6O2/c1-30-16-7-17-25-9-14(29(17)28-19(16)15-3-5-31-15)18-11(22)6-12(23)20(27-18)26-13-8-24-4-2-10(13)21/h6-7,9-10,13,15,24H,2-5,8H2,1H3,(H,26,27)/t10-,13-,15?/m0/s1. The summed E-state index contributed by atoms with van der Waals surface area (Å²) in [7, 11) is 1.52. The largest absolute Gasteiger partial charge is 0.495 e. The van der Waals surface area contributed by atoms with E-state index >= 15 is 0 Å². The average molecular weight is 434 g/mol. The van der Waals surface area contributed by atoms with Crippen LogP contribution in [0.4, 0.5) is 19.0 Å². The molecule has 3 atom stereocenters. The van der Waals surface area contributed by atoms with Crippen molar-refractivity contribution in [3.63, 3.8) is 0 Å². The highest BCUT2D eigenvalue weighted by Gasteiger charge is 2.29. The second kappa shape index (κ2) is 7.97. The smallest absolute Gasteiger partial charge is 0.168 e. The fourth-order valence-corrected chi connectivity index (χ4v) is 3.80. The van der Waals surface area contributed by atoms with Crippen LogP contribution in [0, 0.1) is 11.6 Å². The van der Waals surface area contributed by atoms with Crippen LogP contribution >= 0.6 is 0 Å². The van der Waals surface area contributed by atoms with E-state index in [1.807, 2.05) is 0 Å². The maximum Gasteiger partial charge on any atom is 0.168 e. The molecule has 2 aliphatic rings. The molecule has 0 amide bonds. The third-order valence-corrected chi connectivity index (χ3v) is 5.60. The van der Waals surface area contributed by atoms with E-state index in [1.165, 1.54) is 17.8 Å². The van der Waals surface area contributed by atoms with E-state index in [1.54, 1.807) is 6.07 Å². The number of ether oxygens (including phenoxy) is 2. The highest BCUT2D eigenvalue weighted by atomic mass is 19.1. The van der Waals surface area contributed by atoms with E-state index in [-0.39, 0.29) is 23.3 Å². The lowest BCUT2D eigenvalue weighted by Gasteiger charge is -2.28. The number of fused-ring (bicyclic) bond motifs is 1. The summed E-state index contributed by atoms with van der Waals surface area (Å²) in [6.07, 6.45) is 1.11. The van der Waals surface area contributed by atoms with E-state index in [9.17, 15) is 13.2 Å². The van der Waals surface area contributed by atoms with Crippen LogP contribution in [0.1, 0.15) is 24.6 Å². The van der Waals surface area contributed by atoms with Crippen LogP contribution in [-0.2, 0) is 4.74 Å². The summed E-state index contributed by atoms with van der Waals surface area (Å²) < 4.78 is 55.6. The summed E-state index contributed by atoms with van der Waals surface area (Å²) in [5.74, 6) is -1.48. The van der Waals surface area contributed by atoms with Gasteiger partial charge in [-0.1, -0.05) is 0 Å². The second-order valence-corrected chi connectivity index (χ2v) is 7.57. The van der Waals surface area contributed by atoms with Gasteiger partial charge in [-0.15, -0.1) is 0 Å². The summed E-state index contributed by atoms with van der Waals surface area (Å²) >= 11 is 0. The predicted octanol–water partition coefficient (Wildman–Crippen LogP) is 2.65. The summed E-state index contributed by atoms with van der Waals surface area (Å²) in [4.78, 5) is 8.38. The Morgan fingerprint density at radius 3 is 2.81 bits per heavy atom. The fraction of sp³-hybridized carbons (Fsp3) is 0.450. The Kier molecular flexibility index (Phi) is 5.14. The summed E-state index contributed by atoms with van der Waals surface area (Å²) in [5.41, 5.74) is 1.07. The number of rotatable bonds is 5. The average Bonchev–Trinajstić information content (AvgIpc) is 3.12. The van der Waals surface area contributed by atoms with Gasteiger partial charge in [0.15, 0.2) is 23.1 Å². The number of imidazole rings is 1. The van der Waals surface area contributed by atoms with Gasteiger partial charge in [-0.3, -0.25) is 0 Å². The van der Waals surface area contributed by atoms with E-state index in [4.69, 9.17) is 9.47 Å². The van der Waals surface area contributed by atoms with Crippen LogP contribution in [0.5, 0.6) is 5.75 Å². The molecule has 0 spiro atoms. The first-order valence-electron chi connectivity index (χ1n) is 10.1. The molecule has 31 heavy (non-hydrogen) atoms. The van der Waals surface area contributed by atoms with Crippen molar-refractivity contribution in [1.29, 1.82) is 0 Å². The van der Waals surface area contributed by atoms with E-state index < -0.39 is 23.8 Å². The summed E-state index contributed by atoms with van der Waals surface area (Å²) in [6.45, 7) is 1.49. The first kappa shape index (κ1) is 20.0. The first-order valence-corrected chi connectivity index (χ1v) is 10.1. The molecule has 11 heteroatoms. The highest BCUT2D eigenvalue weighted by Crippen LogP contribution is 2.35. The number of piperidine rings is 1. The van der Waals surface area contributed by atoms with Gasteiger partial charge in [0.1, 0.15) is 35.1 Å². The van der Waals surface area contributed by atoms with Gasteiger partial charge in [-0.05, 0) is 13.0 Å². The van der Waals surface area contributed by atoms with Crippen molar-refractivity contribution in [3.05, 3.63) is 35.7 Å². The van der Waals surface area contributed by atoms with Crippen LogP contribution in [0.25, 0.3) is 17.0 Å². The number of methoxy groups -OCH3 is 1. The Labute approximate surface area is 175 Å². The zero-order chi connectivity index (χ0) is 21.5. The third kappa shape index (κ3) is 3.57. The predicted molar refractivity (Wildman–Crippen MR) is 106 cm³/mol. The highest BCUT2D eigenvalue weighted by molar-refractivity contribution is 5.63. The van der Waals surface area contributed by atoms with Crippen LogP contribution < -0.4 is 15.4 Å². The van der Waals surface area contributed by atoms with Gasteiger partial charge >= 0.3 is 0 Å². The van der Waals surface area contributed by atoms with Gasteiger partial charge in [-0.25, -0.2) is 27.7 Å². The van der Waals surface area contributed by atoms with Crippen LogP contribution in [0.2, 0.25) is 0 Å². The van der Waals surface area contributed by atoms with Crippen molar-refractivity contribution in [2.45, 2.75) is 31.2 Å². The molecule has 0 radical (unpaired) electrons. The Bertz CT molecular complexity index is 1120. The Morgan fingerprint density at radius 1 is 1.26 bits per heavy atom. The molecule has 2 aliphatic heterocycles. The lowest BCUT2D eigenvalue weighted by Crippen LogP contribution is -2.46. The zero-order valence-electron chi connectivity index (χ0n) is 16.7. The number of anilines is 1. The van der Waals surface area contributed by atoms with Gasteiger partial charge in [0, 0.05) is 25.1 Å². The number of alkyl halides is 1. The molecule has 0 bridgehead atoms. The number of hydrogen-bond donors (Lipinski definition) is 2. The van der Waals surface area contributed by atoms with Crippen molar-refractivity contribution in [2.24, 2.45) is 0 Å². The van der Waals surface area contributed by atoms with Crippen LogP contribution in [0.3, 0.4) is 0 Å². The number of aromatic nitrogens is 4. The van der Waals surface area contributed by atoms with E-state index in [0.29, 0.717) is 43.2 Å². The van der Waals surface area contributed by atoms with Crippen LogP contribution in [0.15, 0.2) is 18.3 Å². The molecule has 0 saturated carbocycles. The van der Waals surface area contributed by atoms with Crippen molar-refractivity contribution < 1.29 is 22.6 Å². The molecule has 2 fully saturated rings. The number of pyridine rings is 1. The van der Waals surface area contributed by atoms with Crippen molar-refractivity contribution in [2.75, 3.05) is 32.1 Å². The Hall–Kier alpha value is -2.92. The van der Waals surface area contributed by atoms with Gasteiger partial charge in [0.25, 0.3) is 0 Å². The second-order valence-electron chi connectivity index (χ2n) is 7.57. The van der Waals surface area contributed by atoms with E-state index in [0.717, 1.165) is 12.5 Å². The molecule has 8 nitrogen and oxygen atoms in total. The van der Waals surface area contributed by atoms with Gasteiger partial charge in [0.2, 0.25) is 0 Å². The van der Waals surface area contributed by atoms with Crippen molar-refractivity contribution >= 4 is 11.5 Å². The van der Waals surface area contributed by atoms with Gasteiger partial charge < -0.3 is 20.1 Å². The molecule has 2 N–H and O–H groups in total. The number of halogens is 3. The molecule has 5 rings (SSSR count). The van der Waals surface area contributed by atoms with Gasteiger partial charge in [0.05, 0.1) is 26.0 Å². The summed E-state index contributed by atoms with van der Waals surface area (Å²) in [6, 6.07) is 1.74. The maximum atomic E-state index is 14.7. The lowest BCUT2D eigenvalue weighted by molar-refractivity contribution is -0.0569. The number of hydrogen-bond acceptors (Lipinski definition) is 7. The number of nitrogens with zero attached hydrogens (tertiary/aromatic N) is 4. The zero-order valence-corrected chi connectivity index (χ0v) is 16.7. The monoisotopic (exact) mass is 434 g/mol. The van der Waals surface area contributed by atoms with Crippen molar-refractivity contribution in [3.8, 4) is 17.1 Å². The van der Waals surface area contributed by atoms with E-state index in [2.05, 4.69) is 25.7 Å². The molecular formula is C20H21F3N6O2. The SMILES string of the molecule is COc1cc2ncc(-c3nc(N[C@H]4CNCC[C@@H]4F)c(F)cc3F)n2nc1C1CCO1. The Morgan fingerprint density at radius 2 is 2.10 bits per heavy atom. The van der Waals surface area contributed by atoms with Crippen molar-refractivity contribution in [1.82, 2.24) is 24.9 Å². The molecule has 164 valence electrons. The topological polar surface area (TPSA) is 85.6 Å². The molecule has 3 aromatic heterocycles. The molecule has 2 saturated heterocycles. The minimum absolute atomic E-state index is 0.145. The summed E-state index contributed by atoms with van der Waals surface area (Å²) in [5, 5.41) is 10.3. The number of nitrogens with one attached hydrogen (secondary N) is 2. The minimum Gasteiger partial charge on any atom is -0.495 e. The fourth-order valence-electron chi connectivity index (χ4n) is 3.80. The molecule has 3 aromatic rings. The minimum atomic E-state index is -1.16. The maximum absolute atomic E-state index is 14.7. The van der Waals surface area contributed by atoms with Gasteiger partial charge in [-0.2, -0.15) is 5.10 Å². The molecule has 5 heterocycles. The normalized spacial score (nSPS) is 23.5. The van der Waals surface area contributed by atoms with Crippen LogP contribution in [-0.4, -0.2) is 58.6 Å². The lowest BCUT2D eigenvalue weighted by atomic mass is 10.1. The molecule has 1 unspecified atom stereocenters. The molecule has 0 aliphatic carbocycles. The molecular weight excluding hydrogens is 413 g/mol.